The number of hydrogen-bond acceptors (Lipinski definition) is 12. The van der Waals surface area contributed by atoms with Crippen molar-refractivity contribution in [3.8, 4) is 102 Å². The molecule has 96 heavy (non-hydrogen) atoms. The van der Waals surface area contributed by atoms with Gasteiger partial charge in [-0.3, -0.25) is 0 Å². The lowest BCUT2D eigenvalue weighted by Crippen LogP contribution is -2.41. The summed E-state index contributed by atoms with van der Waals surface area (Å²) in [6, 6.07) is 82.4. The van der Waals surface area contributed by atoms with Gasteiger partial charge in [-0.15, -0.1) is 0 Å². The van der Waals surface area contributed by atoms with E-state index in [0.29, 0.717) is 40.2 Å². The van der Waals surface area contributed by atoms with Crippen molar-refractivity contribution < 1.29 is 9.31 Å². The first-order chi connectivity index (χ1) is 46.4. The fourth-order valence-corrected chi connectivity index (χ4v) is 13.1. The van der Waals surface area contributed by atoms with E-state index in [2.05, 4.69) is 181 Å². The van der Waals surface area contributed by atoms with E-state index < -0.39 is 7.12 Å². The summed E-state index contributed by atoms with van der Waals surface area (Å²) < 4.78 is 12.6. The van der Waals surface area contributed by atoms with Gasteiger partial charge in [0.2, 0.25) is 5.28 Å². The molecule has 17 rings (SSSR count). The van der Waals surface area contributed by atoms with Crippen molar-refractivity contribution in [2.45, 2.75) is 77.4 Å². The van der Waals surface area contributed by atoms with Crippen LogP contribution in [-0.2, 0) is 20.1 Å². The minimum Gasteiger partial charge on any atom is -0.399 e. The number of rotatable bonds is 8. The molecule has 466 valence electrons. The van der Waals surface area contributed by atoms with E-state index in [9.17, 15) is 0 Å². The molecule has 1 saturated heterocycles. The maximum Gasteiger partial charge on any atom is 0.494 e. The maximum atomic E-state index is 6.29. The van der Waals surface area contributed by atoms with Crippen LogP contribution in [0.25, 0.3) is 124 Å². The lowest BCUT2D eigenvalue weighted by Gasteiger charge is -2.32. The molecule has 3 aliphatic rings. The minimum atomic E-state index is -0.412. The number of benzene rings is 10. The summed E-state index contributed by atoms with van der Waals surface area (Å²) in [5.41, 5.74) is 15.9. The van der Waals surface area contributed by atoms with Crippen LogP contribution in [0, 0.1) is 0 Å². The maximum absolute atomic E-state index is 6.29. The number of nitrogens with zero attached hydrogens (tertiary/aromatic N) is 10. The van der Waals surface area contributed by atoms with Crippen LogP contribution in [0.4, 0.5) is 0 Å². The molecule has 0 radical (unpaired) electrons. The highest BCUT2D eigenvalue weighted by molar-refractivity contribution is 6.62. The van der Waals surface area contributed by atoms with E-state index in [-0.39, 0.29) is 22.0 Å². The molecule has 2 aliphatic carbocycles. The van der Waals surface area contributed by atoms with E-state index >= 15 is 0 Å². The predicted molar refractivity (Wildman–Crippen MR) is 386 cm³/mol. The number of aromatic nitrogens is 10. The first-order valence-corrected chi connectivity index (χ1v) is 32.6. The van der Waals surface area contributed by atoms with Crippen LogP contribution in [0.1, 0.15) is 77.9 Å². The van der Waals surface area contributed by atoms with Gasteiger partial charge in [0.1, 0.15) is 0 Å². The van der Waals surface area contributed by atoms with Crippen LogP contribution < -0.4 is 5.46 Å². The summed E-state index contributed by atoms with van der Waals surface area (Å²) in [4.78, 5) is 47.6. The van der Waals surface area contributed by atoms with Gasteiger partial charge >= 0.3 is 7.12 Å². The zero-order valence-corrected chi connectivity index (χ0v) is 55.2. The van der Waals surface area contributed by atoms with Gasteiger partial charge in [0, 0.05) is 73.3 Å². The number of fused-ring (bicyclic) bond motifs is 8. The summed E-state index contributed by atoms with van der Waals surface area (Å²) in [6.45, 7) is 17.1. The predicted octanol–water partition coefficient (Wildman–Crippen LogP) is 18.6. The van der Waals surface area contributed by atoms with Crippen molar-refractivity contribution in [2.24, 2.45) is 0 Å². The first-order valence-electron chi connectivity index (χ1n) is 32.2. The molecule has 0 atom stereocenters. The lowest BCUT2D eigenvalue weighted by molar-refractivity contribution is 0.00578. The van der Waals surface area contributed by atoms with Crippen LogP contribution in [0.2, 0.25) is 5.28 Å². The molecule has 1 fully saturated rings. The Morgan fingerprint density at radius 1 is 0.292 bits per heavy atom. The molecule has 0 amide bonds. The molecular weight excluding hydrogens is 1200 g/mol. The van der Waals surface area contributed by atoms with E-state index in [1.807, 2.05) is 140 Å². The molecular formula is C82H66BClN10O2. The third-order valence-corrected chi connectivity index (χ3v) is 19.1. The third kappa shape index (κ3) is 11.6. The van der Waals surface area contributed by atoms with E-state index in [4.69, 9.17) is 60.8 Å². The Bertz CT molecular complexity index is 5160. The van der Waals surface area contributed by atoms with Gasteiger partial charge in [-0.1, -0.05) is 252 Å². The fraction of sp³-hybridized carbons (Fsp3) is 0.146. The molecule has 0 N–H and O–H groups in total. The standard InChI is InChI=1S/C38H27N5.C31H28BN3O2.C13H11ClN2/c1-38(2)32-16-10-9-15-30(32)31-23-39-34(40-33(31)38)27-19-17-24-18-20-28(22-29(24)21-27)37-42-35(25-11-5-3-6-12-25)41-36(43-37)26-13-7-4-8-14-26;1-30(2)31(3,4)37-32(36-30)26-18-17-21-15-16-24(19-25(21)20-26)29-34-27(22-11-7-5-8-12-22)33-28(35-29)23-13-9-6-10-14-23;1-13(2)10-6-4-3-5-8(10)9-7-15-12(14)16-11(9)13/h3-23H,1-2H3;5-20H,1-4H3;3-7H,1-2H3. The molecule has 10 aromatic carbocycles. The van der Waals surface area contributed by atoms with Gasteiger partial charge in [-0.25, -0.2) is 49.8 Å². The van der Waals surface area contributed by atoms with Crippen molar-refractivity contribution in [3.63, 3.8) is 0 Å². The second kappa shape index (κ2) is 24.5. The monoisotopic (exact) mass is 1270 g/mol. The molecule has 14 aromatic rings. The average Bonchev–Trinajstić information content (AvgIpc) is 1.61. The van der Waals surface area contributed by atoms with Gasteiger partial charge < -0.3 is 9.31 Å². The molecule has 4 aromatic heterocycles. The fourth-order valence-electron chi connectivity index (χ4n) is 12.9. The summed E-state index contributed by atoms with van der Waals surface area (Å²) in [5.74, 6) is 4.58. The number of halogens is 1. The van der Waals surface area contributed by atoms with Crippen LogP contribution in [0.15, 0.2) is 255 Å². The molecule has 0 bridgehead atoms. The molecule has 1 aliphatic heterocycles. The average molecular weight is 1270 g/mol. The van der Waals surface area contributed by atoms with Gasteiger partial charge in [-0.05, 0) is 107 Å². The topological polar surface area (TPSA) is 147 Å². The van der Waals surface area contributed by atoms with Crippen LogP contribution in [0.3, 0.4) is 0 Å². The Balaban J connectivity index is 0.000000129. The Labute approximate surface area is 563 Å². The van der Waals surface area contributed by atoms with Crippen molar-refractivity contribution in [3.05, 3.63) is 283 Å². The normalized spacial score (nSPS) is 14.7. The molecule has 14 heteroatoms. The lowest BCUT2D eigenvalue weighted by atomic mass is 9.78. The molecule has 0 saturated carbocycles. The Morgan fingerprint density at radius 3 is 1.04 bits per heavy atom. The Hall–Kier alpha value is -10.8. The second-order valence-electron chi connectivity index (χ2n) is 26.5. The van der Waals surface area contributed by atoms with Crippen molar-refractivity contribution >= 4 is 45.7 Å². The Kier molecular flexibility index (Phi) is 15.7. The van der Waals surface area contributed by atoms with Crippen LogP contribution in [-0.4, -0.2) is 68.2 Å². The van der Waals surface area contributed by atoms with Crippen LogP contribution in [0.5, 0.6) is 0 Å². The van der Waals surface area contributed by atoms with E-state index in [1.165, 1.54) is 22.3 Å². The summed E-state index contributed by atoms with van der Waals surface area (Å²) in [6.07, 6.45) is 3.80. The molecule has 0 unspecified atom stereocenters. The van der Waals surface area contributed by atoms with Crippen LogP contribution >= 0.6 is 11.6 Å². The quantitative estimate of drug-likeness (QED) is 0.105. The molecule has 5 heterocycles. The zero-order valence-electron chi connectivity index (χ0n) is 54.5. The summed E-state index contributed by atoms with van der Waals surface area (Å²) in [7, 11) is -0.412. The highest BCUT2D eigenvalue weighted by Crippen LogP contribution is 2.49. The highest BCUT2D eigenvalue weighted by Gasteiger charge is 2.52. The smallest absolute Gasteiger partial charge is 0.399 e. The van der Waals surface area contributed by atoms with Crippen molar-refractivity contribution in [1.29, 1.82) is 0 Å². The van der Waals surface area contributed by atoms with Crippen molar-refractivity contribution in [1.82, 2.24) is 49.8 Å². The van der Waals surface area contributed by atoms with Gasteiger partial charge in [0.25, 0.3) is 0 Å². The van der Waals surface area contributed by atoms with Crippen molar-refractivity contribution in [2.75, 3.05) is 0 Å². The first kappa shape index (κ1) is 61.4. The molecule has 0 spiro atoms. The summed E-state index contributed by atoms with van der Waals surface area (Å²) in [5, 5.41) is 4.73. The van der Waals surface area contributed by atoms with Gasteiger partial charge in [0.15, 0.2) is 40.8 Å². The number of hydrogen-bond donors (Lipinski definition) is 0. The van der Waals surface area contributed by atoms with E-state index in [0.717, 1.165) is 94.3 Å². The molecule has 12 nitrogen and oxygen atoms in total. The Morgan fingerprint density at radius 2 is 0.625 bits per heavy atom. The van der Waals surface area contributed by atoms with Gasteiger partial charge in [0.05, 0.1) is 22.6 Å². The largest absolute Gasteiger partial charge is 0.494 e. The SMILES string of the molecule is CC1(C)OB(c2ccc3ccc(-c4nc(-c5ccccc5)nc(-c5ccccc5)n4)cc3c2)OC1(C)C.CC1(C)c2ccccc2-c2cnc(-c3ccc4ccc(-c5nc(-c6ccccc6)nc(-c6ccccc6)n5)cc4c3)nc21.CC1(C)c2ccccc2-c2cnc(Cl)nc21. The third-order valence-electron chi connectivity index (χ3n) is 18.9. The van der Waals surface area contributed by atoms with Gasteiger partial charge in [-0.2, -0.15) is 0 Å². The summed E-state index contributed by atoms with van der Waals surface area (Å²) >= 11 is 5.87. The van der Waals surface area contributed by atoms with E-state index in [1.54, 1.807) is 0 Å². The second-order valence-corrected chi connectivity index (χ2v) is 26.8. The minimum absolute atomic E-state index is 0.0848. The zero-order chi connectivity index (χ0) is 65.9. The highest BCUT2D eigenvalue weighted by atomic mass is 35.5.